The van der Waals surface area contributed by atoms with E-state index < -0.39 is 0 Å². The maximum Gasteiger partial charge on any atom is 0.249 e. The van der Waals surface area contributed by atoms with Gasteiger partial charge in [-0.2, -0.15) is 5.10 Å². The Bertz CT molecular complexity index is 1010. The molecular weight excluding hydrogens is 455 g/mol. The Balaban J connectivity index is 1.37. The number of rotatable bonds is 3. The highest BCUT2D eigenvalue weighted by atomic mass is 79.9. The van der Waals surface area contributed by atoms with E-state index in [9.17, 15) is 9.18 Å². The molecule has 1 atom stereocenters. The Labute approximate surface area is 190 Å². The van der Waals surface area contributed by atoms with Gasteiger partial charge in [0.15, 0.2) is 0 Å². The molecule has 7 rings (SSSR count). The fourth-order valence-electron chi connectivity index (χ4n) is 7.07. The third-order valence-corrected chi connectivity index (χ3v) is 8.57. The van der Waals surface area contributed by atoms with Gasteiger partial charge in [0.05, 0.1) is 17.2 Å². The topological polar surface area (TPSA) is 32.7 Å². The van der Waals surface area contributed by atoms with Gasteiger partial charge in [-0.15, -0.1) is 0 Å². The van der Waals surface area contributed by atoms with Crippen molar-refractivity contribution >= 4 is 27.5 Å². The van der Waals surface area contributed by atoms with Crippen LogP contribution in [-0.4, -0.2) is 16.6 Å². The maximum atomic E-state index is 14.1. The quantitative estimate of drug-likeness (QED) is 0.494. The van der Waals surface area contributed by atoms with Gasteiger partial charge in [-0.1, -0.05) is 40.2 Å². The molecule has 2 aromatic rings. The van der Waals surface area contributed by atoms with Gasteiger partial charge in [0.2, 0.25) is 5.91 Å². The third-order valence-electron chi connectivity index (χ3n) is 8.04. The van der Waals surface area contributed by atoms with Crippen molar-refractivity contribution in [3.63, 3.8) is 0 Å². The molecule has 1 amide bonds. The molecule has 4 bridgehead atoms. The number of amides is 1. The van der Waals surface area contributed by atoms with Crippen LogP contribution >= 0.6 is 15.9 Å². The highest BCUT2D eigenvalue weighted by Gasteiger charge is 2.57. The molecule has 4 saturated carbocycles. The van der Waals surface area contributed by atoms with Crippen molar-refractivity contribution in [1.82, 2.24) is 5.01 Å². The Morgan fingerprint density at radius 2 is 1.52 bits per heavy atom. The molecule has 0 N–H and O–H groups in total. The first kappa shape index (κ1) is 19.7. The van der Waals surface area contributed by atoms with Gasteiger partial charge in [-0.3, -0.25) is 4.79 Å². The van der Waals surface area contributed by atoms with Crippen LogP contribution in [0.5, 0.6) is 0 Å². The van der Waals surface area contributed by atoms with Crippen LogP contribution in [0.2, 0.25) is 0 Å². The summed E-state index contributed by atoms with van der Waals surface area (Å²) in [7, 11) is 0. The fourth-order valence-corrected chi connectivity index (χ4v) is 7.34. The Hall–Kier alpha value is -2.01. The second-order valence-electron chi connectivity index (χ2n) is 10.2. The van der Waals surface area contributed by atoms with Gasteiger partial charge < -0.3 is 0 Å². The van der Waals surface area contributed by atoms with Crippen molar-refractivity contribution in [2.75, 3.05) is 0 Å². The van der Waals surface area contributed by atoms with Gasteiger partial charge in [-0.25, -0.2) is 9.40 Å². The lowest BCUT2D eigenvalue weighted by Crippen LogP contribution is -2.53. The molecule has 4 fully saturated rings. The number of nitrogens with zero attached hydrogens (tertiary/aromatic N) is 2. The lowest BCUT2D eigenvalue weighted by molar-refractivity contribution is -0.159. The lowest BCUT2D eigenvalue weighted by atomic mass is 9.49. The Morgan fingerprint density at radius 3 is 2.10 bits per heavy atom. The molecule has 0 aromatic heterocycles. The standard InChI is InChI=1S/C26H26BrFN2O/c27-21-5-1-19(2-6-21)23-12-24(20-3-7-22(28)8-4-20)30(29-23)25(31)26-13-16-9-17(14-26)11-18(10-16)15-26/h1-8,16-18,24H,9-15H2/t16?,17?,18?,24-,26?/m1/s1. The summed E-state index contributed by atoms with van der Waals surface area (Å²) < 4.78 is 14.6. The van der Waals surface area contributed by atoms with E-state index in [4.69, 9.17) is 5.10 Å². The SMILES string of the molecule is O=C(N1N=C(c2ccc(Br)cc2)C[C@@H]1c1ccc(F)cc1)C12CC3CC(CC(C3)C1)C2. The molecule has 0 radical (unpaired) electrons. The van der Waals surface area contributed by atoms with Crippen molar-refractivity contribution < 1.29 is 9.18 Å². The first-order valence-corrected chi connectivity index (χ1v) is 12.2. The molecule has 0 spiro atoms. The molecule has 160 valence electrons. The number of carbonyl (C=O) groups excluding carboxylic acids is 1. The fraction of sp³-hybridized carbons (Fsp3) is 0.462. The number of benzene rings is 2. The van der Waals surface area contributed by atoms with Gasteiger partial charge in [0.1, 0.15) is 5.82 Å². The van der Waals surface area contributed by atoms with E-state index >= 15 is 0 Å². The Morgan fingerprint density at radius 1 is 0.935 bits per heavy atom. The van der Waals surface area contributed by atoms with Crippen LogP contribution in [0.1, 0.15) is 62.1 Å². The summed E-state index contributed by atoms with van der Waals surface area (Å²) in [5.74, 6) is 2.06. The predicted octanol–water partition coefficient (Wildman–Crippen LogP) is 6.48. The van der Waals surface area contributed by atoms with Gasteiger partial charge in [-0.05, 0) is 91.7 Å². The summed E-state index contributed by atoms with van der Waals surface area (Å²) >= 11 is 3.49. The van der Waals surface area contributed by atoms with Crippen LogP contribution in [-0.2, 0) is 4.79 Å². The molecule has 5 heteroatoms. The average Bonchev–Trinajstić information content (AvgIpc) is 3.18. The zero-order valence-electron chi connectivity index (χ0n) is 17.4. The van der Waals surface area contributed by atoms with Crippen molar-refractivity contribution in [2.24, 2.45) is 28.3 Å². The minimum atomic E-state index is -0.255. The maximum absolute atomic E-state index is 14.1. The van der Waals surface area contributed by atoms with Crippen LogP contribution < -0.4 is 0 Å². The second kappa shape index (κ2) is 7.26. The minimum absolute atomic E-state index is 0.167. The van der Waals surface area contributed by atoms with Crippen molar-refractivity contribution in [3.05, 3.63) is 69.9 Å². The molecule has 0 saturated heterocycles. The van der Waals surface area contributed by atoms with Crippen LogP contribution in [0, 0.1) is 29.0 Å². The highest BCUT2D eigenvalue weighted by molar-refractivity contribution is 9.10. The second-order valence-corrected chi connectivity index (χ2v) is 11.1. The molecule has 1 heterocycles. The number of hydrogen-bond acceptors (Lipinski definition) is 2. The molecule has 0 unspecified atom stereocenters. The largest absolute Gasteiger partial charge is 0.272 e. The third kappa shape index (κ3) is 3.36. The summed E-state index contributed by atoms with van der Waals surface area (Å²) in [6.45, 7) is 0. The lowest BCUT2D eigenvalue weighted by Gasteiger charge is -2.56. The number of halogens is 2. The van der Waals surface area contributed by atoms with Gasteiger partial charge >= 0.3 is 0 Å². The minimum Gasteiger partial charge on any atom is -0.272 e. The van der Waals surface area contributed by atoms with E-state index in [1.54, 1.807) is 17.1 Å². The summed E-state index contributed by atoms with van der Waals surface area (Å²) in [5, 5.41) is 6.69. The molecule has 31 heavy (non-hydrogen) atoms. The van der Waals surface area contributed by atoms with Gasteiger partial charge in [0.25, 0.3) is 0 Å². The molecule has 1 aliphatic heterocycles. The normalized spacial score (nSPS) is 33.6. The first-order chi connectivity index (χ1) is 15.0. The zero-order valence-corrected chi connectivity index (χ0v) is 19.0. The van der Waals surface area contributed by atoms with E-state index in [-0.39, 0.29) is 23.2 Å². The summed E-state index contributed by atoms with van der Waals surface area (Å²) in [6, 6.07) is 14.5. The van der Waals surface area contributed by atoms with Gasteiger partial charge in [0, 0.05) is 10.9 Å². The van der Waals surface area contributed by atoms with E-state index in [1.165, 1.54) is 31.4 Å². The number of carbonyl (C=O) groups is 1. The number of hydrazone groups is 1. The number of hydrogen-bond donors (Lipinski definition) is 0. The van der Waals surface area contributed by atoms with Crippen LogP contribution in [0.4, 0.5) is 4.39 Å². The van der Waals surface area contributed by atoms with E-state index in [1.807, 2.05) is 24.3 Å². The Kier molecular flexibility index (Phi) is 4.60. The first-order valence-electron chi connectivity index (χ1n) is 11.4. The molecule has 3 nitrogen and oxygen atoms in total. The predicted molar refractivity (Wildman–Crippen MR) is 122 cm³/mol. The summed E-state index contributed by atoms with van der Waals surface area (Å²) in [4.78, 5) is 14.1. The van der Waals surface area contributed by atoms with Crippen LogP contribution in [0.3, 0.4) is 0 Å². The zero-order chi connectivity index (χ0) is 21.2. The van der Waals surface area contributed by atoms with Crippen molar-refractivity contribution in [3.8, 4) is 0 Å². The summed E-state index contributed by atoms with van der Waals surface area (Å²) in [5.41, 5.74) is 2.68. The smallest absolute Gasteiger partial charge is 0.249 e. The average molecular weight is 481 g/mol. The van der Waals surface area contributed by atoms with E-state index in [0.29, 0.717) is 24.2 Å². The highest BCUT2D eigenvalue weighted by Crippen LogP contribution is 2.61. The van der Waals surface area contributed by atoms with Crippen LogP contribution in [0.25, 0.3) is 0 Å². The van der Waals surface area contributed by atoms with E-state index in [0.717, 1.165) is 40.6 Å². The van der Waals surface area contributed by atoms with E-state index in [2.05, 4.69) is 15.9 Å². The molecule has 2 aromatic carbocycles. The molecule has 5 aliphatic rings. The van der Waals surface area contributed by atoms with Crippen molar-refractivity contribution in [2.45, 2.75) is 51.0 Å². The van der Waals surface area contributed by atoms with Crippen LogP contribution in [0.15, 0.2) is 58.1 Å². The molecule has 4 aliphatic carbocycles. The monoisotopic (exact) mass is 480 g/mol. The molecular formula is C26H26BrFN2O. The summed E-state index contributed by atoms with van der Waals surface area (Å²) in [6.07, 6.45) is 7.64. The van der Waals surface area contributed by atoms with Crippen molar-refractivity contribution in [1.29, 1.82) is 0 Å².